The number of carbonyl (C=O) groups excluding carboxylic acids is 1. The van der Waals surface area contributed by atoms with Crippen LogP contribution >= 0.6 is 0 Å². The van der Waals surface area contributed by atoms with Gasteiger partial charge >= 0.3 is 0 Å². The summed E-state index contributed by atoms with van der Waals surface area (Å²) in [6, 6.07) is 8.36. The molecule has 96 valence electrons. The molecule has 0 bridgehead atoms. The zero-order chi connectivity index (χ0) is 12.5. The summed E-state index contributed by atoms with van der Waals surface area (Å²) in [6.45, 7) is 2.11. The molecule has 2 unspecified atom stereocenters. The van der Waals surface area contributed by atoms with Crippen molar-refractivity contribution in [3.63, 3.8) is 0 Å². The van der Waals surface area contributed by atoms with Gasteiger partial charge in [-0.3, -0.25) is 4.79 Å². The monoisotopic (exact) mass is 244 g/mol. The van der Waals surface area contributed by atoms with Crippen LogP contribution in [0.3, 0.4) is 0 Å². The highest BCUT2D eigenvalue weighted by Crippen LogP contribution is 2.33. The summed E-state index contributed by atoms with van der Waals surface area (Å²) in [6.07, 6.45) is 4.62. The van der Waals surface area contributed by atoms with Gasteiger partial charge in [0.1, 0.15) is 6.04 Å². The zero-order valence-electron chi connectivity index (χ0n) is 10.8. The van der Waals surface area contributed by atoms with Crippen LogP contribution in [0.4, 0.5) is 5.69 Å². The maximum atomic E-state index is 12.2. The number of amides is 1. The minimum absolute atomic E-state index is 0.0935. The highest BCUT2D eigenvalue weighted by atomic mass is 16.2. The van der Waals surface area contributed by atoms with E-state index in [4.69, 9.17) is 0 Å². The Morgan fingerprint density at radius 1 is 1.44 bits per heavy atom. The van der Waals surface area contributed by atoms with Crippen molar-refractivity contribution in [2.75, 3.05) is 5.32 Å². The molecule has 0 aromatic heterocycles. The number of hydrogen-bond acceptors (Lipinski definition) is 2. The lowest BCUT2D eigenvalue weighted by Gasteiger charge is -2.17. The van der Waals surface area contributed by atoms with E-state index in [0.717, 1.165) is 24.4 Å². The van der Waals surface area contributed by atoms with Crippen LogP contribution in [0.15, 0.2) is 24.3 Å². The van der Waals surface area contributed by atoms with E-state index < -0.39 is 0 Å². The number of benzene rings is 1. The van der Waals surface area contributed by atoms with Crippen LogP contribution in [0, 0.1) is 5.92 Å². The summed E-state index contributed by atoms with van der Waals surface area (Å²) < 4.78 is 0. The third kappa shape index (κ3) is 2.50. The lowest BCUT2D eigenvalue weighted by molar-refractivity contribution is -0.122. The Bertz CT molecular complexity index is 429. The smallest absolute Gasteiger partial charge is 0.243 e. The Labute approximate surface area is 108 Å². The van der Waals surface area contributed by atoms with Gasteiger partial charge in [0.2, 0.25) is 5.91 Å². The fraction of sp³-hybridized carbons (Fsp3) is 0.533. The Morgan fingerprint density at radius 3 is 2.94 bits per heavy atom. The molecule has 2 N–H and O–H groups in total. The van der Waals surface area contributed by atoms with Crippen molar-refractivity contribution in [1.29, 1.82) is 0 Å². The van der Waals surface area contributed by atoms with Crippen molar-refractivity contribution >= 4 is 11.6 Å². The molecular weight excluding hydrogens is 224 g/mol. The zero-order valence-corrected chi connectivity index (χ0v) is 10.8. The molecule has 3 heteroatoms. The fourth-order valence-corrected chi connectivity index (χ4v) is 2.71. The second kappa shape index (κ2) is 4.63. The summed E-state index contributed by atoms with van der Waals surface area (Å²) in [7, 11) is 0. The fourth-order valence-electron chi connectivity index (χ4n) is 2.71. The number of carbonyl (C=O) groups is 1. The Kier molecular flexibility index (Phi) is 2.98. The lowest BCUT2D eigenvalue weighted by atomic mass is 10.1. The number of fused-ring (bicyclic) bond motifs is 1. The van der Waals surface area contributed by atoms with Crippen LogP contribution in [0.25, 0.3) is 0 Å². The molecule has 1 saturated carbocycles. The van der Waals surface area contributed by atoms with Crippen LogP contribution in [-0.4, -0.2) is 18.0 Å². The van der Waals surface area contributed by atoms with E-state index in [1.54, 1.807) is 0 Å². The molecule has 3 rings (SSSR count). The van der Waals surface area contributed by atoms with Crippen LogP contribution in [0.2, 0.25) is 0 Å². The minimum atomic E-state index is -0.0935. The van der Waals surface area contributed by atoms with Gasteiger partial charge < -0.3 is 10.6 Å². The second-order valence-electron chi connectivity index (χ2n) is 5.65. The average molecular weight is 244 g/mol. The highest BCUT2D eigenvalue weighted by molar-refractivity contribution is 5.87. The third-order valence-electron chi connectivity index (χ3n) is 3.86. The van der Waals surface area contributed by atoms with E-state index >= 15 is 0 Å². The highest BCUT2D eigenvalue weighted by Gasteiger charge is 2.29. The quantitative estimate of drug-likeness (QED) is 0.853. The molecule has 18 heavy (non-hydrogen) atoms. The molecule has 0 saturated heterocycles. The molecule has 2 aliphatic rings. The van der Waals surface area contributed by atoms with Crippen LogP contribution in [0.5, 0.6) is 0 Å². The van der Waals surface area contributed by atoms with Gasteiger partial charge in [-0.2, -0.15) is 0 Å². The van der Waals surface area contributed by atoms with Gasteiger partial charge in [-0.15, -0.1) is 0 Å². The first kappa shape index (κ1) is 11.6. The first-order valence-electron chi connectivity index (χ1n) is 6.87. The molecule has 1 heterocycles. The van der Waals surface area contributed by atoms with Crippen LogP contribution in [-0.2, 0) is 11.2 Å². The molecule has 1 aromatic carbocycles. The Hall–Kier alpha value is -1.51. The topological polar surface area (TPSA) is 41.1 Å². The Balaban J connectivity index is 1.55. The summed E-state index contributed by atoms with van der Waals surface area (Å²) in [4.78, 5) is 12.2. The largest absolute Gasteiger partial charge is 0.373 e. The van der Waals surface area contributed by atoms with Gasteiger partial charge in [-0.05, 0) is 30.9 Å². The molecule has 3 nitrogen and oxygen atoms in total. The van der Waals surface area contributed by atoms with E-state index in [0.29, 0.717) is 6.04 Å². The molecule has 1 aliphatic heterocycles. The average Bonchev–Trinajstić information content (AvgIpc) is 3.05. The van der Waals surface area contributed by atoms with E-state index in [2.05, 4.69) is 23.6 Å². The molecule has 1 fully saturated rings. The SMILES string of the molecule is CC(CC1CC1)NC(=O)C1Cc2ccccc2N1. The maximum Gasteiger partial charge on any atom is 0.243 e. The molecule has 0 radical (unpaired) electrons. The van der Waals surface area contributed by atoms with E-state index in [1.165, 1.54) is 18.4 Å². The van der Waals surface area contributed by atoms with Crippen molar-refractivity contribution in [3.8, 4) is 0 Å². The molecule has 1 amide bonds. The van der Waals surface area contributed by atoms with Crippen molar-refractivity contribution in [1.82, 2.24) is 5.32 Å². The van der Waals surface area contributed by atoms with E-state index in [9.17, 15) is 4.79 Å². The van der Waals surface area contributed by atoms with Crippen molar-refractivity contribution in [2.45, 2.75) is 44.7 Å². The number of para-hydroxylation sites is 1. The number of nitrogens with one attached hydrogen (secondary N) is 2. The third-order valence-corrected chi connectivity index (χ3v) is 3.86. The van der Waals surface area contributed by atoms with Crippen molar-refractivity contribution < 1.29 is 4.79 Å². The normalized spacial score (nSPS) is 23.1. The van der Waals surface area contributed by atoms with Crippen molar-refractivity contribution in [3.05, 3.63) is 29.8 Å². The van der Waals surface area contributed by atoms with Crippen LogP contribution in [0.1, 0.15) is 31.7 Å². The maximum absolute atomic E-state index is 12.2. The van der Waals surface area contributed by atoms with Gasteiger partial charge in [0, 0.05) is 18.2 Å². The van der Waals surface area contributed by atoms with Crippen LogP contribution < -0.4 is 10.6 Å². The number of anilines is 1. The summed E-state index contributed by atoms with van der Waals surface area (Å²) >= 11 is 0. The first-order valence-corrected chi connectivity index (χ1v) is 6.87. The van der Waals surface area contributed by atoms with Gasteiger partial charge in [0.25, 0.3) is 0 Å². The van der Waals surface area contributed by atoms with Gasteiger partial charge in [-0.25, -0.2) is 0 Å². The van der Waals surface area contributed by atoms with Gasteiger partial charge in [-0.1, -0.05) is 31.0 Å². The predicted molar refractivity (Wildman–Crippen MR) is 72.5 cm³/mol. The second-order valence-corrected chi connectivity index (χ2v) is 5.65. The standard InChI is InChI=1S/C15H20N2O/c1-10(8-11-6-7-11)16-15(18)14-9-12-4-2-3-5-13(12)17-14/h2-5,10-11,14,17H,6-9H2,1H3,(H,16,18). The molecule has 2 atom stereocenters. The molecule has 1 aromatic rings. The first-order chi connectivity index (χ1) is 8.72. The predicted octanol–water partition coefficient (Wildman–Crippen LogP) is 2.33. The van der Waals surface area contributed by atoms with Gasteiger partial charge in [0.15, 0.2) is 0 Å². The van der Waals surface area contributed by atoms with E-state index in [-0.39, 0.29) is 11.9 Å². The summed E-state index contributed by atoms with van der Waals surface area (Å²) in [5.41, 5.74) is 2.35. The number of hydrogen-bond donors (Lipinski definition) is 2. The lowest BCUT2D eigenvalue weighted by Crippen LogP contribution is -2.43. The van der Waals surface area contributed by atoms with Crippen molar-refractivity contribution in [2.24, 2.45) is 5.92 Å². The van der Waals surface area contributed by atoms with Gasteiger partial charge in [0.05, 0.1) is 0 Å². The molecule has 0 spiro atoms. The minimum Gasteiger partial charge on any atom is -0.373 e. The molecular formula is C15H20N2O. The molecule has 1 aliphatic carbocycles. The summed E-state index contributed by atoms with van der Waals surface area (Å²) in [5.74, 6) is 0.994. The summed E-state index contributed by atoms with van der Waals surface area (Å²) in [5, 5.41) is 6.42. The Morgan fingerprint density at radius 2 is 2.22 bits per heavy atom. The number of rotatable bonds is 4. The van der Waals surface area contributed by atoms with E-state index in [1.807, 2.05) is 18.2 Å².